The van der Waals surface area contributed by atoms with Crippen LogP contribution in [0, 0.1) is 5.92 Å². The zero-order chi connectivity index (χ0) is 11.2. The zero-order valence-electron chi connectivity index (χ0n) is 10.2. The van der Waals surface area contributed by atoms with Gasteiger partial charge < -0.3 is 15.4 Å². The smallest absolute Gasteiger partial charge is 0.220 e. The van der Waals surface area contributed by atoms with E-state index in [2.05, 4.69) is 10.6 Å². The number of hydrogen-bond donors (Lipinski definition) is 2. The highest BCUT2D eigenvalue weighted by Crippen LogP contribution is 2.16. The Hall–Kier alpha value is -0.320. The van der Waals surface area contributed by atoms with Gasteiger partial charge in [0, 0.05) is 19.6 Å². The summed E-state index contributed by atoms with van der Waals surface area (Å²) in [6, 6.07) is 0. The Labute approximate surface area is 109 Å². The molecule has 0 saturated carbocycles. The third-order valence-corrected chi connectivity index (χ3v) is 3.48. The van der Waals surface area contributed by atoms with Crippen molar-refractivity contribution in [2.75, 3.05) is 26.2 Å². The summed E-state index contributed by atoms with van der Waals surface area (Å²) >= 11 is 0. The Balaban J connectivity index is 0.00000144. The van der Waals surface area contributed by atoms with Crippen LogP contribution < -0.4 is 10.6 Å². The first-order chi connectivity index (χ1) is 7.84. The van der Waals surface area contributed by atoms with E-state index in [9.17, 15) is 4.79 Å². The lowest BCUT2D eigenvalue weighted by Gasteiger charge is -2.22. The minimum atomic E-state index is 0. The molecule has 0 bridgehead atoms. The zero-order valence-corrected chi connectivity index (χ0v) is 11.1. The van der Waals surface area contributed by atoms with Gasteiger partial charge in [0.25, 0.3) is 0 Å². The van der Waals surface area contributed by atoms with E-state index in [0.717, 1.165) is 45.4 Å². The van der Waals surface area contributed by atoms with Crippen LogP contribution in [0.1, 0.15) is 32.1 Å². The predicted molar refractivity (Wildman–Crippen MR) is 69.4 cm³/mol. The molecule has 0 aromatic heterocycles. The quantitative estimate of drug-likeness (QED) is 0.798. The van der Waals surface area contributed by atoms with E-state index in [-0.39, 0.29) is 24.4 Å². The molecule has 2 N–H and O–H groups in total. The van der Waals surface area contributed by atoms with Gasteiger partial charge in [-0.05, 0) is 44.7 Å². The molecular weight excluding hydrogens is 240 g/mol. The maximum Gasteiger partial charge on any atom is 0.220 e. The number of rotatable bonds is 4. The highest BCUT2D eigenvalue weighted by Gasteiger charge is 2.19. The number of ether oxygens (including phenoxy) is 1. The first-order valence-electron chi connectivity index (χ1n) is 6.43. The summed E-state index contributed by atoms with van der Waals surface area (Å²) in [4.78, 5) is 11.7. The summed E-state index contributed by atoms with van der Waals surface area (Å²) in [5, 5.41) is 6.30. The normalized spacial score (nSPS) is 25.3. The SMILES string of the molecule is Cl.O=C(CC1CCNCC1)NCC1CCCO1. The maximum absolute atomic E-state index is 11.7. The van der Waals surface area contributed by atoms with E-state index in [1.165, 1.54) is 0 Å². The summed E-state index contributed by atoms with van der Waals surface area (Å²) in [6.45, 7) is 3.67. The maximum atomic E-state index is 11.7. The second-order valence-corrected chi connectivity index (χ2v) is 4.84. The second kappa shape index (κ2) is 7.90. The number of halogens is 1. The highest BCUT2D eigenvalue weighted by atomic mass is 35.5. The molecule has 2 saturated heterocycles. The molecule has 2 fully saturated rings. The molecule has 4 nitrogen and oxygen atoms in total. The van der Waals surface area contributed by atoms with Crippen LogP contribution >= 0.6 is 12.4 Å². The van der Waals surface area contributed by atoms with Gasteiger partial charge in [-0.3, -0.25) is 4.79 Å². The Kier molecular flexibility index (Phi) is 6.85. The van der Waals surface area contributed by atoms with Crippen LogP contribution in [0.25, 0.3) is 0 Å². The van der Waals surface area contributed by atoms with E-state index in [1.54, 1.807) is 0 Å². The molecule has 1 atom stereocenters. The van der Waals surface area contributed by atoms with Crippen LogP contribution in [-0.2, 0) is 9.53 Å². The molecule has 5 heteroatoms. The monoisotopic (exact) mass is 262 g/mol. The molecular formula is C12H23ClN2O2. The van der Waals surface area contributed by atoms with Gasteiger partial charge in [0.2, 0.25) is 5.91 Å². The minimum absolute atomic E-state index is 0. The molecule has 2 aliphatic rings. The molecule has 2 rings (SSSR count). The van der Waals surface area contributed by atoms with Crippen molar-refractivity contribution in [2.45, 2.75) is 38.2 Å². The lowest BCUT2D eigenvalue weighted by Crippen LogP contribution is -2.35. The summed E-state index contributed by atoms with van der Waals surface area (Å²) in [7, 11) is 0. The van der Waals surface area contributed by atoms with Gasteiger partial charge in [0.1, 0.15) is 0 Å². The molecule has 0 aromatic rings. The van der Waals surface area contributed by atoms with Crippen molar-refractivity contribution in [2.24, 2.45) is 5.92 Å². The molecule has 0 aromatic carbocycles. The van der Waals surface area contributed by atoms with E-state index in [1.807, 2.05) is 0 Å². The Bertz CT molecular complexity index is 227. The molecule has 1 unspecified atom stereocenters. The lowest BCUT2D eigenvalue weighted by molar-refractivity contribution is -0.122. The molecule has 0 aliphatic carbocycles. The van der Waals surface area contributed by atoms with Crippen molar-refractivity contribution >= 4 is 18.3 Å². The molecule has 100 valence electrons. The minimum Gasteiger partial charge on any atom is -0.376 e. The Morgan fingerprint density at radius 2 is 2.06 bits per heavy atom. The van der Waals surface area contributed by atoms with Crippen molar-refractivity contribution in [3.63, 3.8) is 0 Å². The van der Waals surface area contributed by atoms with Crippen molar-refractivity contribution in [3.05, 3.63) is 0 Å². The van der Waals surface area contributed by atoms with Gasteiger partial charge in [-0.25, -0.2) is 0 Å². The van der Waals surface area contributed by atoms with Gasteiger partial charge in [-0.1, -0.05) is 0 Å². The Morgan fingerprint density at radius 3 is 2.71 bits per heavy atom. The molecule has 2 aliphatic heterocycles. The van der Waals surface area contributed by atoms with Crippen molar-refractivity contribution < 1.29 is 9.53 Å². The van der Waals surface area contributed by atoms with Crippen LogP contribution in [-0.4, -0.2) is 38.3 Å². The summed E-state index contributed by atoms with van der Waals surface area (Å²) < 4.78 is 5.47. The number of piperidine rings is 1. The fourth-order valence-electron chi connectivity index (χ4n) is 2.45. The van der Waals surface area contributed by atoms with E-state index in [4.69, 9.17) is 4.74 Å². The molecule has 2 heterocycles. The summed E-state index contributed by atoms with van der Waals surface area (Å²) in [5.41, 5.74) is 0. The van der Waals surface area contributed by atoms with Crippen LogP contribution in [0.5, 0.6) is 0 Å². The molecule has 17 heavy (non-hydrogen) atoms. The number of carbonyl (C=O) groups is 1. The van der Waals surface area contributed by atoms with Crippen molar-refractivity contribution in [3.8, 4) is 0 Å². The van der Waals surface area contributed by atoms with Crippen LogP contribution in [0.2, 0.25) is 0 Å². The topological polar surface area (TPSA) is 50.4 Å². The third kappa shape index (κ3) is 5.23. The highest BCUT2D eigenvalue weighted by molar-refractivity contribution is 5.85. The van der Waals surface area contributed by atoms with Gasteiger partial charge >= 0.3 is 0 Å². The van der Waals surface area contributed by atoms with Crippen molar-refractivity contribution in [1.82, 2.24) is 10.6 Å². The fraction of sp³-hybridized carbons (Fsp3) is 0.917. The average Bonchev–Trinajstić information content (AvgIpc) is 2.81. The van der Waals surface area contributed by atoms with Gasteiger partial charge in [0.15, 0.2) is 0 Å². The van der Waals surface area contributed by atoms with Gasteiger partial charge in [-0.2, -0.15) is 0 Å². The average molecular weight is 263 g/mol. The van der Waals surface area contributed by atoms with Crippen LogP contribution in [0.4, 0.5) is 0 Å². The molecule has 0 radical (unpaired) electrons. The number of hydrogen-bond acceptors (Lipinski definition) is 3. The third-order valence-electron chi connectivity index (χ3n) is 3.48. The lowest BCUT2D eigenvalue weighted by atomic mass is 9.94. The van der Waals surface area contributed by atoms with Crippen LogP contribution in [0.3, 0.4) is 0 Å². The standard InChI is InChI=1S/C12H22N2O2.ClH/c15-12(8-10-3-5-13-6-4-10)14-9-11-2-1-7-16-11;/h10-11,13H,1-9H2,(H,14,15);1H. The van der Waals surface area contributed by atoms with E-state index >= 15 is 0 Å². The first kappa shape index (κ1) is 14.7. The number of carbonyl (C=O) groups excluding carboxylic acids is 1. The predicted octanol–water partition coefficient (Wildman–Crippen LogP) is 1.09. The van der Waals surface area contributed by atoms with E-state index in [0.29, 0.717) is 18.9 Å². The number of nitrogens with one attached hydrogen (secondary N) is 2. The summed E-state index contributed by atoms with van der Waals surface area (Å²) in [5.74, 6) is 0.771. The Morgan fingerprint density at radius 1 is 1.29 bits per heavy atom. The largest absolute Gasteiger partial charge is 0.376 e. The molecule has 0 spiro atoms. The van der Waals surface area contributed by atoms with Crippen molar-refractivity contribution in [1.29, 1.82) is 0 Å². The summed E-state index contributed by atoms with van der Waals surface area (Å²) in [6.07, 6.45) is 5.44. The second-order valence-electron chi connectivity index (χ2n) is 4.84. The van der Waals surface area contributed by atoms with Crippen LogP contribution in [0.15, 0.2) is 0 Å². The van der Waals surface area contributed by atoms with Gasteiger partial charge in [0.05, 0.1) is 6.10 Å². The fourth-order valence-corrected chi connectivity index (χ4v) is 2.45. The number of amides is 1. The molecule has 1 amide bonds. The van der Waals surface area contributed by atoms with E-state index < -0.39 is 0 Å². The first-order valence-corrected chi connectivity index (χ1v) is 6.43. The van der Waals surface area contributed by atoms with Gasteiger partial charge in [-0.15, -0.1) is 12.4 Å².